The van der Waals surface area contributed by atoms with Crippen LogP contribution in [0.3, 0.4) is 0 Å². The van der Waals surface area contributed by atoms with Crippen molar-refractivity contribution in [3.05, 3.63) is 53.3 Å². The number of fused-ring (bicyclic) bond motifs is 1. The molecule has 3 aromatic rings. The number of piperazine rings is 1. The van der Waals surface area contributed by atoms with E-state index in [2.05, 4.69) is 21.3 Å². The quantitative estimate of drug-likeness (QED) is 0.616. The lowest BCUT2D eigenvalue weighted by molar-refractivity contribution is 0.124. The first-order valence-electron chi connectivity index (χ1n) is 11.3. The molecule has 1 aromatic carbocycles. The maximum Gasteiger partial charge on any atom is 0.323 e. The Bertz CT molecular complexity index is 1230. The van der Waals surface area contributed by atoms with Crippen molar-refractivity contribution in [2.45, 2.75) is 32.7 Å². The Balaban J connectivity index is 1.47. The normalized spacial score (nSPS) is 18.1. The molecule has 7 nitrogen and oxygen atoms in total. The van der Waals surface area contributed by atoms with Crippen molar-refractivity contribution >= 4 is 22.5 Å². The highest BCUT2D eigenvalue weighted by molar-refractivity contribution is 7.19. The Morgan fingerprint density at radius 1 is 1.12 bits per heavy atom. The molecule has 0 radical (unpaired) electrons. The van der Waals surface area contributed by atoms with Crippen molar-refractivity contribution in [3.63, 3.8) is 0 Å². The summed E-state index contributed by atoms with van der Waals surface area (Å²) in [7, 11) is 0. The second-order valence-corrected chi connectivity index (χ2v) is 9.74. The molecule has 0 bridgehead atoms. The van der Waals surface area contributed by atoms with Gasteiger partial charge in [-0.05, 0) is 63.1 Å². The largest absolute Gasteiger partial charge is 0.323 e. The number of pyridine rings is 1. The van der Waals surface area contributed by atoms with Crippen LogP contribution in [-0.2, 0) is 0 Å². The van der Waals surface area contributed by atoms with Crippen LogP contribution in [0.1, 0.15) is 29.8 Å². The molecular weight excluding hydrogens is 432 g/mol. The minimum atomic E-state index is -0.0961. The number of aryl methyl sites for hydroxylation is 2. The molecule has 0 spiro atoms. The molecule has 4 heterocycles. The number of rotatable bonds is 3. The van der Waals surface area contributed by atoms with Crippen LogP contribution in [0.4, 0.5) is 9.93 Å². The zero-order chi connectivity index (χ0) is 22.9. The predicted octanol–water partition coefficient (Wildman–Crippen LogP) is 4.67. The molecule has 1 atom stereocenters. The van der Waals surface area contributed by atoms with Crippen molar-refractivity contribution in [2.24, 2.45) is 0 Å². The number of carbonyl (C=O) groups excluding carboxylic acids is 1. The number of nitriles is 1. The summed E-state index contributed by atoms with van der Waals surface area (Å²) in [6.07, 6.45) is 2.37. The van der Waals surface area contributed by atoms with Crippen molar-refractivity contribution in [3.8, 4) is 27.8 Å². The van der Waals surface area contributed by atoms with Crippen LogP contribution < -0.4 is 5.32 Å². The van der Waals surface area contributed by atoms with E-state index in [1.807, 2.05) is 49.1 Å². The third-order valence-electron chi connectivity index (χ3n) is 6.32. The summed E-state index contributed by atoms with van der Waals surface area (Å²) in [5.41, 5.74) is 5.05. The molecule has 2 saturated heterocycles. The van der Waals surface area contributed by atoms with Crippen LogP contribution in [0.25, 0.3) is 21.7 Å². The number of hydrogen-bond acceptors (Lipinski definition) is 6. The number of nitrogens with one attached hydrogen (secondary N) is 1. The second-order valence-electron chi connectivity index (χ2n) is 8.74. The van der Waals surface area contributed by atoms with Gasteiger partial charge in [0.15, 0.2) is 5.13 Å². The van der Waals surface area contributed by atoms with Gasteiger partial charge in [-0.3, -0.25) is 15.2 Å². The van der Waals surface area contributed by atoms with Crippen LogP contribution >= 0.6 is 11.3 Å². The van der Waals surface area contributed by atoms with E-state index < -0.39 is 0 Å². The zero-order valence-electron chi connectivity index (χ0n) is 18.8. The van der Waals surface area contributed by atoms with Gasteiger partial charge in [-0.25, -0.2) is 9.78 Å². The molecule has 2 aliphatic rings. The Labute approximate surface area is 197 Å². The van der Waals surface area contributed by atoms with E-state index >= 15 is 0 Å². The SMILES string of the molecule is Cc1cc(-c2sc(NC(=O)N3CCN4CCC[C@H]4C3)nc2-c2cccc(C#N)c2)cc(C)n1. The Hall–Kier alpha value is -3.28. The third kappa shape index (κ3) is 4.47. The first kappa shape index (κ1) is 21.6. The molecule has 2 fully saturated rings. The maximum atomic E-state index is 13.1. The molecule has 8 heteroatoms. The average Bonchev–Trinajstić information content (AvgIpc) is 3.45. The van der Waals surface area contributed by atoms with Gasteiger partial charge in [-0.15, -0.1) is 0 Å². The first-order chi connectivity index (χ1) is 16.0. The molecule has 0 saturated carbocycles. The fraction of sp³-hybridized carbons (Fsp3) is 0.360. The number of benzene rings is 1. The molecule has 2 aromatic heterocycles. The summed E-state index contributed by atoms with van der Waals surface area (Å²) in [5.74, 6) is 0. The summed E-state index contributed by atoms with van der Waals surface area (Å²) in [5, 5.41) is 13.0. The van der Waals surface area contributed by atoms with Gasteiger partial charge in [0.25, 0.3) is 0 Å². The number of nitrogens with zero attached hydrogens (tertiary/aromatic N) is 5. The van der Waals surface area contributed by atoms with E-state index in [1.54, 1.807) is 6.07 Å². The Morgan fingerprint density at radius 3 is 2.73 bits per heavy atom. The summed E-state index contributed by atoms with van der Waals surface area (Å²) >= 11 is 1.46. The number of urea groups is 1. The molecule has 5 rings (SSSR count). The van der Waals surface area contributed by atoms with Crippen molar-refractivity contribution in [1.82, 2.24) is 19.8 Å². The smallest absolute Gasteiger partial charge is 0.322 e. The topological polar surface area (TPSA) is 85.2 Å². The Kier molecular flexibility index (Phi) is 5.83. The van der Waals surface area contributed by atoms with Crippen LogP contribution in [-0.4, -0.2) is 58.0 Å². The highest BCUT2D eigenvalue weighted by Gasteiger charge is 2.32. The third-order valence-corrected chi connectivity index (χ3v) is 7.34. The molecule has 0 unspecified atom stereocenters. The highest BCUT2D eigenvalue weighted by atomic mass is 32.1. The van der Waals surface area contributed by atoms with Crippen LogP contribution in [0.2, 0.25) is 0 Å². The average molecular weight is 459 g/mol. The lowest BCUT2D eigenvalue weighted by atomic mass is 10.0. The number of aromatic nitrogens is 2. The van der Waals surface area contributed by atoms with Crippen LogP contribution in [0.15, 0.2) is 36.4 Å². The summed E-state index contributed by atoms with van der Waals surface area (Å²) in [6, 6.07) is 14.1. The molecule has 33 heavy (non-hydrogen) atoms. The van der Waals surface area contributed by atoms with Crippen LogP contribution in [0.5, 0.6) is 0 Å². The predicted molar refractivity (Wildman–Crippen MR) is 130 cm³/mol. The number of amides is 2. The number of thiazole rings is 1. The molecule has 1 N–H and O–H groups in total. The summed E-state index contributed by atoms with van der Waals surface area (Å²) < 4.78 is 0. The molecule has 2 amide bonds. The molecule has 2 aliphatic heterocycles. The number of anilines is 1. The standard InChI is InChI=1S/C25H26N6OS/c1-16-11-20(12-17(2)27-16)23-22(19-6-3-5-18(13-19)14-26)28-24(33-23)29-25(32)31-10-9-30-8-4-7-21(30)15-31/h3,5-6,11-13,21H,4,7-10,15H2,1-2H3,(H,28,29,32)/t21-/m0/s1. The van der Waals surface area contributed by atoms with Crippen molar-refractivity contribution in [1.29, 1.82) is 5.26 Å². The monoisotopic (exact) mass is 458 g/mol. The molecule has 168 valence electrons. The minimum absolute atomic E-state index is 0.0961. The summed E-state index contributed by atoms with van der Waals surface area (Å²) in [4.78, 5) is 27.7. The lowest BCUT2D eigenvalue weighted by Gasteiger charge is -2.37. The van der Waals surface area contributed by atoms with Gasteiger partial charge in [0.2, 0.25) is 0 Å². The minimum Gasteiger partial charge on any atom is -0.322 e. The maximum absolute atomic E-state index is 13.1. The fourth-order valence-electron chi connectivity index (χ4n) is 4.81. The van der Waals surface area contributed by atoms with Gasteiger partial charge in [0.1, 0.15) is 0 Å². The lowest BCUT2D eigenvalue weighted by Crippen LogP contribution is -2.53. The van der Waals surface area contributed by atoms with E-state index in [4.69, 9.17) is 4.98 Å². The van der Waals surface area contributed by atoms with Gasteiger partial charge in [-0.1, -0.05) is 23.5 Å². The van der Waals surface area contributed by atoms with E-state index in [0.717, 1.165) is 65.7 Å². The van der Waals surface area contributed by atoms with Crippen molar-refractivity contribution < 1.29 is 4.79 Å². The highest BCUT2D eigenvalue weighted by Crippen LogP contribution is 2.40. The molecule has 0 aliphatic carbocycles. The van der Waals surface area contributed by atoms with Gasteiger partial charge < -0.3 is 4.90 Å². The summed E-state index contributed by atoms with van der Waals surface area (Å²) in [6.45, 7) is 7.52. The van der Waals surface area contributed by atoms with Crippen molar-refractivity contribution in [2.75, 3.05) is 31.5 Å². The van der Waals surface area contributed by atoms with E-state index in [0.29, 0.717) is 16.7 Å². The Morgan fingerprint density at radius 2 is 1.94 bits per heavy atom. The fourth-order valence-corrected chi connectivity index (χ4v) is 5.78. The number of hydrogen-bond donors (Lipinski definition) is 1. The molecular formula is C25H26N6OS. The van der Waals surface area contributed by atoms with Gasteiger partial charge in [0.05, 0.1) is 22.2 Å². The first-order valence-corrected chi connectivity index (χ1v) is 12.1. The van der Waals surface area contributed by atoms with Gasteiger partial charge in [0, 0.05) is 42.6 Å². The zero-order valence-corrected chi connectivity index (χ0v) is 19.7. The van der Waals surface area contributed by atoms with E-state index in [-0.39, 0.29) is 6.03 Å². The van der Waals surface area contributed by atoms with E-state index in [9.17, 15) is 10.1 Å². The van der Waals surface area contributed by atoms with Gasteiger partial charge >= 0.3 is 6.03 Å². The second kappa shape index (κ2) is 8.93. The van der Waals surface area contributed by atoms with E-state index in [1.165, 1.54) is 17.8 Å². The van der Waals surface area contributed by atoms with Gasteiger partial charge in [-0.2, -0.15) is 5.26 Å². The number of carbonyl (C=O) groups is 1. The van der Waals surface area contributed by atoms with Crippen LogP contribution in [0, 0.1) is 25.2 Å².